The van der Waals surface area contributed by atoms with Crippen LogP contribution in [0.1, 0.15) is 18.9 Å². The summed E-state index contributed by atoms with van der Waals surface area (Å²) in [5, 5.41) is 3.19. The van der Waals surface area contributed by atoms with Gasteiger partial charge < -0.3 is 10.1 Å². The van der Waals surface area contributed by atoms with Crippen LogP contribution in [0.15, 0.2) is 30.3 Å². The minimum atomic E-state index is -0.765. The lowest BCUT2D eigenvalue weighted by Crippen LogP contribution is -2.49. The van der Waals surface area contributed by atoms with Crippen LogP contribution in [0.25, 0.3) is 0 Å². The van der Waals surface area contributed by atoms with Gasteiger partial charge in [-0.2, -0.15) is 0 Å². The van der Waals surface area contributed by atoms with E-state index in [0.717, 1.165) is 5.56 Å². The topological polar surface area (TPSA) is 58.6 Å². The Hall–Kier alpha value is -1.72. The predicted octanol–water partition coefficient (Wildman–Crippen LogP) is 0.690. The Morgan fingerprint density at radius 1 is 1.24 bits per heavy atom. The molecule has 3 rings (SSSR count). The molecule has 0 aromatic heterocycles. The first-order chi connectivity index (χ1) is 10.1. The summed E-state index contributed by atoms with van der Waals surface area (Å²) >= 11 is 0. The Morgan fingerprint density at radius 3 is 2.62 bits per heavy atom. The smallest absolute Gasteiger partial charge is 0.240 e. The summed E-state index contributed by atoms with van der Waals surface area (Å²) in [6.45, 7) is 3.12. The van der Waals surface area contributed by atoms with Crippen molar-refractivity contribution in [2.75, 3.05) is 20.2 Å². The van der Waals surface area contributed by atoms with Crippen molar-refractivity contribution in [2.45, 2.75) is 30.9 Å². The third kappa shape index (κ3) is 2.17. The molecule has 1 aromatic carbocycles. The molecular weight excluding hydrogens is 268 g/mol. The molecule has 3 atom stereocenters. The standard InChI is InChI=1S/C16H20N2O3/c1-16(11-6-4-3-5-7-11)8-14(19)18(15(16)20)12-9-17-10-13(12)21-2/h3-7,12-13,17H,8-10H2,1-2H3/t12?,13-,16?/m0/s1. The van der Waals surface area contributed by atoms with E-state index >= 15 is 0 Å². The maximum absolute atomic E-state index is 12.9. The number of nitrogens with zero attached hydrogens (tertiary/aromatic N) is 1. The summed E-state index contributed by atoms with van der Waals surface area (Å²) < 4.78 is 5.40. The van der Waals surface area contributed by atoms with E-state index in [2.05, 4.69) is 5.32 Å². The van der Waals surface area contributed by atoms with Crippen LogP contribution in [0.5, 0.6) is 0 Å². The molecule has 2 heterocycles. The molecule has 21 heavy (non-hydrogen) atoms. The fourth-order valence-corrected chi connectivity index (χ4v) is 3.35. The molecule has 2 unspecified atom stereocenters. The van der Waals surface area contributed by atoms with Crippen LogP contribution in [-0.2, 0) is 19.7 Å². The van der Waals surface area contributed by atoms with Gasteiger partial charge in [0.2, 0.25) is 11.8 Å². The number of benzene rings is 1. The van der Waals surface area contributed by atoms with Gasteiger partial charge in [-0.25, -0.2) is 0 Å². The van der Waals surface area contributed by atoms with Crippen LogP contribution >= 0.6 is 0 Å². The van der Waals surface area contributed by atoms with E-state index in [1.165, 1.54) is 4.90 Å². The average Bonchev–Trinajstić information content (AvgIpc) is 3.04. The van der Waals surface area contributed by atoms with E-state index in [1.807, 2.05) is 37.3 Å². The van der Waals surface area contributed by atoms with Crippen molar-refractivity contribution in [3.8, 4) is 0 Å². The predicted molar refractivity (Wildman–Crippen MR) is 77.7 cm³/mol. The number of carbonyl (C=O) groups excluding carboxylic acids is 2. The molecule has 5 nitrogen and oxygen atoms in total. The van der Waals surface area contributed by atoms with Gasteiger partial charge >= 0.3 is 0 Å². The molecule has 2 amide bonds. The van der Waals surface area contributed by atoms with Crippen molar-refractivity contribution in [3.63, 3.8) is 0 Å². The van der Waals surface area contributed by atoms with Gasteiger partial charge in [-0.05, 0) is 12.5 Å². The number of ether oxygens (including phenoxy) is 1. The second-order valence-electron chi connectivity index (χ2n) is 5.94. The highest BCUT2D eigenvalue weighted by molar-refractivity contribution is 6.09. The molecule has 1 N–H and O–H groups in total. The minimum absolute atomic E-state index is 0.109. The van der Waals surface area contributed by atoms with Gasteiger partial charge in [0.1, 0.15) is 0 Å². The fraction of sp³-hybridized carbons (Fsp3) is 0.500. The van der Waals surface area contributed by atoms with Crippen molar-refractivity contribution in [3.05, 3.63) is 35.9 Å². The van der Waals surface area contributed by atoms with Crippen molar-refractivity contribution in [1.82, 2.24) is 10.2 Å². The van der Waals surface area contributed by atoms with Gasteiger partial charge in [-0.3, -0.25) is 14.5 Å². The molecule has 0 bridgehead atoms. The summed E-state index contributed by atoms with van der Waals surface area (Å²) in [6, 6.07) is 9.32. The molecule has 2 fully saturated rings. The Labute approximate surface area is 124 Å². The third-order valence-electron chi connectivity index (χ3n) is 4.64. The van der Waals surface area contributed by atoms with Crippen LogP contribution in [0.2, 0.25) is 0 Å². The highest BCUT2D eigenvalue weighted by Crippen LogP contribution is 2.38. The van der Waals surface area contributed by atoms with Gasteiger partial charge in [0.25, 0.3) is 0 Å². The highest BCUT2D eigenvalue weighted by atomic mass is 16.5. The lowest BCUT2D eigenvalue weighted by atomic mass is 9.81. The monoisotopic (exact) mass is 288 g/mol. The molecule has 0 saturated carbocycles. The maximum atomic E-state index is 12.9. The average molecular weight is 288 g/mol. The number of carbonyl (C=O) groups is 2. The molecule has 0 radical (unpaired) electrons. The van der Waals surface area contributed by atoms with Crippen LogP contribution in [0, 0.1) is 0 Å². The molecule has 0 aliphatic carbocycles. The molecule has 2 aliphatic heterocycles. The van der Waals surface area contributed by atoms with Crippen molar-refractivity contribution in [2.24, 2.45) is 0 Å². The molecule has 5 heteroatoms. The number of likely N-dealkylation sites (tertiary alicyclic amines) is 1. The normalized spacial score (nSPS) is 33.0. The Balaban J connectivity index is 1.92. The van der Waals surface area contributed by atoms with Crippen LogP contribution in [0.3, 0.4) is 0 Å². The summed E-state index contributed by atoms with van der Waals surface area (Å²) in [5.74, 6) is -0.225. The zero-order valence-corrected chi connectivity index (χ0v) is 12.3. The number of imide groups is 1. The molecular formula is C16H20N2O3. The van der Waals surface area contributed by atoms with Crippen LogP contribution in [0.4, 0.5) is 0 Å². The molecule has 0 spiro atoms. The summed E-state index contributed by atoms with van der Waals surface area (Å²) in [4.78, 5) is 26.8. The second-order valence-corrected chi connectivity index (χ2v) is 5.94. The quantitative estimate of drug-likeness (QED) is 0.832. The van der Waals surface area contributed by atoms with Crippen molar-refractivity contribution < 1.29 is 14.3 Å². The van der Waals surface area contributed by atoms with Gasteiger partial charge in [-0.1, -0.05) is 30.3 Å². The van der Waals surface area contributed by atoms with Gasteiger partial charge in [0.05, 0.1) is 17.6 Å². The van der Waals surface area contributed by atoms with E-state index in [9.17, 15) is 9.59 Å². The van der Waals surface area contributed by atoms with E-state index in [-0.39, 0.29) is 30.4 Å². The van der Waals surface area contributed by atoms with E-state index in [0.29, 0.717) is 13.1 Å². The number of nitrogens with one attached hydrogen (secondary N) is 1. The number of hydrogen-bond acceptors (Lipinski definition) is 4. The van der Waals surface area contributed by atoms with Crippen molar-refractivity contribution in [1.29, 1.82) is 0 Å². The Bertz CT molecular complexity index is 560. The summed E-state index contributed by atoms with van der Waals surface area (Å²) in [7, 11) is 1.62. The number of methoxy groups -OCH3 is 1. The third-order valence-corrected chi connectivity index (χ3v) is 4.64. The first-order valence-electron chi connectivity index (χ1n) is 7.23. The SMILES string of the molecule is CO[C@H]1CNCC1N1C(=O)CC(C)(c2ccccc2)C1=O. The lowest BCUT2D eigenvalue weighted by Gasteiger charge is -2.28. The van der Waals surface area contributed by atoms with E-state index in [4.69, 9.17) is 4.74 Å². The molecule has 1 aromatic rings. The Morgan fingerprint density at radius 2 is 1.95 bits per heavy atom. The second kappa shape index (κ2) is 5.24. The number of rotatable bonds is 3. The number of hydrogen-bond donors (Lipinski definition) is 1. The maximum Gasteiger partial charge on any atom is 0.240 e. The molecule has 2 aliphatic rings. The zero-order valence-electron chi connectivity index (χ0n) is 12.3. The van der Waals surface area contributed by atoms with Crippen LogP contribution < -0.4 is 5.32 Å². The largest absolute Gasteiger partial charge is 0.378 e. The lowest BCUT2D eigenvalue weighted by molar-refractivity contribution is -0.144. The highest BCUT2D eigenvalue weighted by Gasteiger charge is 2.53. The summed E-state index contributed by atoms with van der Waals surface area (Å²) in [6.07, 6.45) is 0.0963. The van der Waals surface area contributed by atoms with Crippen molar-refractivity contribution >= 4 is 11.8 Å². The van der Waals surface area contributed by atoms with Gasteiger partial charge in [0.15, 0.2) is 0 Å². The Kier molecular flexibility index (Phi) is 3.55. The molecule has 112 valence electrons. The first kappa shape index (κ1) is 14.2. The number of amides is 2. The van der Waals surface area contributed by atoms with E-state index < -0.39 is 5.41 Å². The summed E-state index contributed by atoms with van der Waals surface area (Å²) in [5.41, 5.74) is 0.130. The zero-order chi connectivity index (χ0) is 15.0. The van der Waals surface area contributed by atoms with Crippen LogP contribution in [-0.4, -0.2) is 49.1 Å². The fourth-order valence-electron chi connectivity index (χ4n) is 3.35. The van der Waals surface area contributed by atoms with Gasteiger partial charge in [0, 0.05) is 26.6 Å². The van der Waals surface area contributed by atoms with Gasteiger partial charge in [-0.15, -0.1) is 0 Å². The minimum Gasteiger partial charge on any atom is -0.378 e. The first-order valence-corrected chi connectivity index (χ1v) is 7.23. The molecule has 2 saturated heterocycles. The van der Waals surface area contributed by atoms with E-state index in [1.54, 1.807) is 7.11 Å².